The molecule has 2 heterocycles. The second kappa shape index (κ2) is 7.77. The van der Waals surface area contributed by atoms with E-state index in [1.807, 2.05) is 12.3 Å². The Balaban J connectivity index is 0.00000208. The Morgan fingerprint density at radius 1 is 1.33 bits per heavy atom. The second-order valence-electron chi connectivity index (χ2n) is 5.98. The van der Waals surface area contributed by atoms with Gasteiger partial charge < -0.3 is 10.2 Å². The molecule has 0 atom stereocenters. The normalized spacial score (nSPS) is 16.2. The molecule has 1 aliphatic rings. The van der Waals surface area contributed by atoms with Gasteiger partial charge in [0.15, 0.2) is 0 Å². The molecule has 0 saturated carbocycles. The minimum absolute atomic E-state index is 0. The van der Waals surface area contributed by atoms with Crippen molar-refractivity contribution < 1.29 is 9.18 Å². The Hall–Kier alpha value is -1.92. The fourth-order valence-electron chi connectivity index (χ4n) is 3.21. The van der Waals surface area contributed by atoms with Crippen LogP contribution in [0, 0.1) is 5.82 Å². The first kappa shape index (κ1) is 18.4. The first-order valence-corrected chi connectivity index (χ1v) is 7.83. The number of nitrogens with one attached hydrogen (secondary N) is 1. The molecule has 0 unspecified atom stereocenters. The number of piperidine rings is 1. The molecule has 0 aliphatic carbocycles. The molecule has 1 amide bonds. The van der Waals surface area contributed by atoms with Gasteiger partial charge in [0.25, 0.3) is 5.91 Å². The molecule has 5 nitrogen and oxygen atoms in total. The number of amides is 1. The van der Waals surface area contributed by atoms with E-state index in [-0.39, 0.29) is 30.7 Å². The third-order valence-electron chi connectivity index (χ3n) is 4.48. The van der Waals surface area contributed by atoms with Crippen molar-refractivity contribution in [2.24, 2.45) is 0 Å². The number of hydrogen-bond acceptors (Lipinski definition) is 3. The van der Waals surface area contributed by atoms with E-state index in [4.69, 9.17) is 0 Å². The van der Waals surface area contributed by atoms with Crippen molar-refractivity contribution in [2.45, 2.75) is 24.9 Å². The fourth-order valence-corrected chi connectivity index (χ4v) is 3.21. The first-order chi connectivity index (χ1) is 11.1. The maximum atomic E-state index is 13.9. The molecule has 24 heavy (non-hydrogen) atoms. The Morgan fingerprint density at radius 2 is 2.04 bits per heavy atom. The van der Waals surface area contributed by atoms with E-state index in [2.05, 4.69) is 10.4 Å². The minimum Gasteiger partial charge on any atom is -0.339 e. The lowest BCUT2D eigenvalue weighted by molar-refractivity contribution is -0.142. The lowest BCUT2D eigenvalue weighted by Crippen LogP contribution is -2.54. The molecule has 2 aromatic rings. The largest absolute Gasteiger partial charge is 0.339 e. The number of likely N-dealkylation sites (N-methyl/N-ethyl adjacent to an activating group) is 1. The third kappa shape index (κ3) is 3.44. The van der Waals surface area contributed by atoms with E-state index in [0.29, 0.717) is 18.4 Å². The summed E-state index contributed by atoms with van der Waals surface area (Å²) >= 11 is 0. The molecule has 1 N–H and O–H groups in total. The summed E-state index contributed by atoms with van der Waals surface area (Å²) in [6, 6.07) is 8.39. The van der Waals surface area contributed by atoms with Crippen LogP contribution in [0.5, 0.6) is 0 Å². The van der Waals surface area contributed by atoms with Crippen LogP contribution in [0.2, 0.25) is 0 Å². The molecule has 0 bridgehead atoms. The lowest BCUT2D eigenvalue weighted by Gasteiger charge is -2.39. The van der Waals surface area contributed by atoms with Gasteiger partial charge >= 0.3 is 0 Å². The smallest absolute Gasteiger partial charge is 0.250 e. The molecule has 1 saturated heterocycles. The topological polar surface area (TPSA) is 50.2 Å². The average Bonchev–Trinajstić information content (AvgIpc) is 3.12. The third-order valence-corrected chi connectivity index (χ3v) is 4.48. The van der Waals surface area contributed by atoms with Crippen molar-refractivity contribution in [1.29, 1.82) is 0 Å². The molecule has 0 spiro atoms. The zero-order valence-electron chi connectivity index (χ0n) is 13.6. The Morgan fingerprint density at radius 3 is 2.67 bits per heavy atom. The fraction of sp³-hybridized carbons (Fsp3) is 0.412. The molecular formula is C17H22ClFN4O. The first-order valence-electron chi connectivity index (χ1n) is 7.83. The van der Waals surface area contributed by atoms with Crippen LogP contribution >= 0.6 is 12.4 Å². The standard InChI is InChI=1S/C17H21FN4O.ClH/c1-21(13-14-5-2-3-6-15(14)18)16(23)17(7-10-19-11-8-17)22-12-4-9-20-22;/h2-6,9,12,19H,7-8,10-11,13H2,1H3;1H. The Bertz CT molecular complexity index is 671. The van der Waals surface area contributed by atoms with E-state index >= 15 is 0 Å². The predicted octanol–water partition coefficient (Wildman–Crippen LogP) is 2.18. The van der Waals surface area contributed by atoms with E-state index in [1.54, 1.807) is 41.0 Å². The number of hydrogen-bond donors (Lipinski definition) is 1. The number of benzene rings is 1. The number of aromatic nitrogens is 2. The number of halogens is 2. The number of carbonyl (C=O) groups is 1. The van der Waals surface area contributed by atoms with E-state index in [0.717, 1.165) is 13.1 Å². The highest BCUT2D eigenvalue weighted by atomic mass is 35.5. The van der Waals surface area contributed by atoms with Crippen LogP contribution in [0.25, 0.3) is 0 Å². The van der Waals surface area contributed by atoms with Crippen LogP contribution in [0.15, 0.2) is 42.7 Å². The molecule has 130 valence electrons. The lowest BCUT2D eigenvalue weighted by atomic mass is 9.86. The quantitative estimate of drug-likeness (QED) is 0.917. The van der Waals surface area contributed by atoms with Gasteiger partial charge in [-0.1, -0.05) is 18.2 Å². The Labute approximate surface area is 147 Å². The summed E-state index contributed by atoms with van der Waals surface area (Å²) in [6.07, 6.45) is 4.87. The van der Waals surface area contributed by atoms with Gasteiger partial charge in [-0.25, -0.2) is 4.39 Å². The highest BCUT2D eigenvalue weighted by molar-refractivity contribution is 5.85. The van der Waals surface area contributed by atoms with Crippen molar-refractivity contribution in [1.82, 2.24) is 20.0 Å². The van der Waals surface area contributed by atoms with Crippen LogP contribution in [-0.4, -0.2) is 40.7 Å². The molecule has 1 aliphatic heterocycles. The summed E-state index contributed by atoms with van der Waals surface area (Å²) in [7, 11) is 1.72. The summed E-state index contributed by atoms with van der Waals surface area (Å²) in [4.78, 5) is 14.8. The van der Waals surface area contributed by atoms with Crippen LogP contribution in [-0.2, 0) is 16.9 Å². The van der Waals surface area contributed by atoms with Crippen molar-refractivity contribution in [3.05, 3.63) is 54.1 Å². The number of nitrogens with zero attached hydrogens (tertiary/aromatic N) is 3. The van der Waals surface area contributed by atoms with Crippen molar-refractivity contribution in [2.75, 3.05) is 20.1 Å². The number of rotatable bonds is 4. The highest BCUT2D eigenvalue weighted by Gasteiger charge is 2.43. The molecule has 0 radical (unpaired) electrons. The van der Waals surface area contributed by atoms with Crippen LogP contribution < -0.4 is 5.32 Å². The summed E-state index contributed by atoms with van der Waals surface area (Å²) in [6.45, 7) is 1.78. The molecule has 3 rings (SSSR count). The maximum absolute atomic E-state index is 13.9. The predicted molar refractivity (Wildman–Crippen MR) is 92.4 cm³/mol. The number of carbonyl (C=O) groups excluding carboxylic acids is 1. The van der Waals surface area contributed by atoms with Gasteiger partial charge in [-0.05, 0) is 38.1 Å². The minimum atomic E-state index is -0.686. The van der Waals surface area contributed by atoms with Gasteiger partial charge in [0, 0.05) is 31.5 Å². The van der Waals surface area contributed by atoms with Gasteiger partial charge in [0.05, 0.1) is 0 Å². The zero-order chi connectivity index (χ0) is 16.3. The SMILES string of the molecule is CN(Cc1ccccc1F)C(=O)C1(n2cccn2)CCNCC1.Cl. The van der Waals surface area contributed by atoms with Crippen LogP contribution in [0.4, 0.5) is 4.39 Å². The summed E-state index contributed by atoms with van der Waals surface area (Å²) in [5, 5.41) is 7.59. The van der Waals surface area contributed by atoms with Crippen molar-refractivity contribution in [3.8, 4) is 0 Å². The Kier molecular flexibility index (Phi) is 5.96. The summed E-state index contributed by atoms with van der Waals surface area (Å²) in [5.74, 6) is -0.309. The van der Waals surface area contributed by atoms with Crippen LogP contribution in [0.3, 0.4) is 0 Å². The van der Waals surface area contributed by atoms with Gasteiger partial charge in [-0.15, -0.1) is 12.4 Å². The molecule has 1 fully saturated rings. The average molecular weight is 353 g/mol. The van der Waals surface area contributed by atoms with Crippen LogP contribution in [0.1, 0.15) is 18.4 Å². The highest BCUT2D eigenvalue weighted by Crippen LogP contribution is 2.29. The van der Waals surface area contributed by atoms with Crippen molar-refractivity contribution >= 4 is 18.3 Å². The molecular weight excluding hydrogens is 331 g/mol. The molecule has 1 aromatic carbocycles. The maximum Gasteiger partial charge on any atom is 0.250 e. The van der Waals surface area contributed by atoms with Crippen molar-refractivity contribution in [3.63, 3.8) is 0 Å². The summed E-state index contributed by atoms with van der Waals surface area (Å²) < 4.78 is 15.6. The summed E-state index contributed by atoms with van der Waals surface area (Å²) in [5.41, 5.74) is -0.165. The van der Waals surface area contributed by atoms with Gasteiger partial charge in [0.2, 0.25) is 0 Å². The van der Waals surface area contributed by atoms with E-state index in [9.17, 15) is 9.18 Å². The molecule has 7 heteroatoms. The van der Waals surface area contributed by atoms with E-state index < -0.39 is 5.54 Å². The second-order valence-corrected chi connectivity index (χ2v) is 5.98. The van der Waals surface area contributed by atoms with Gasteiger partial charge in [-0.2, -0.15) is 5.10 Å². The zero-order valence-corrected chi connectivity index (χ0v) is 14.4. The molecule has 1 aromatic heterocycles. The van der Waals surface area contributed by atoms with Gasteiger partial charge in [-0.3, -0.25) is 9.48 Å². The van der Waals surface area contributed by atoms with E-state index in [1.165, 1.54) is 6.07 Å². The monoisotopic (exact) mass is 352 g/mol. The van der Waals surface area contributed by atoms with Gasteiger partial charge in [0.1, 0.15) is 11.4 Å².